The average molecular weight is 433 g/mol. The van der Waals surface area contributed by atoms with E-state index in [4.69, 9.17) is 10.5 Å². The highest BCUT2D eigenvalue weighted by Gasteiger charge is 2.36. The molecule has 174 valence electrons. The number of nitrogens with two attached hydrogens (primary N) is 1. The van der Waals surface area contributed by atoms with Crippen LogP contribution in [0.5, 0.6) is 5.75 Å². The average Bonchev–Trinajstić information content (AvgIpc) is 2.71. The largest absolute Gasteiger partial charge is 0.426 e. The Morgan fingerprint density at radius 3 is 2.10 bits per heavy atom. The van der Waals surface area contributed by atoms with E-state index in [0.29, 0.717) is 12.3 Å². The Kier molecular flexibility index (Phi) is 9.07. The van der Waals surface area contributed by atoms with Gasteiger partial charge in [0.2, 0.25) is 5.91 Å². The molecule has 0 spiro atoms. The maximum absolute atomic E-state index is 13.1. The van der Waals surface area contributed by atoms with E-state index < -0.39 is 12.1 Å². The number of rotatable bonds is 9. The number of aliphatic hydroxyl groups is 1. The third-order valence-corrected chi connectivity index (χ3v) is 6.43. The van der Waals surface area contributed by atoms with Gasteiger partial charge < -0.3 is 20.9 Å². The first-order chi connectivity index (χ1) is 14.6. The summed E-state index contributed by atoms with van der Waals surface area (Å²) in [4.78, 5) is 25.4. The number of carbonyl (C=O) groups excluding carboxylic acids is 2. The third kappa shape index (κ3) is 6.78. The van der Waals surface area contributed by atoms with E-state index in [2.05, 4.69) is 33.0 Å². The number of hydrogen-bond donors (Lipinski definition) is 3. The molecule has 0 bridgehead atoms. The molecule has 1 saturated carbocycles. The minimum atomic E-state index is -0.973. The van der Waals surface area contributed by atoms with Gasteiger partial charge in [0.1, 0.15) is 11.8 Å². The molecule has 1 amide bonds. The van der Waals surface area contributed by atoms with E-state index >= 15 is 0 Å². The zero-order valence-electron chi connectivity index (χ0n) is 19.7. The lowest BCUT2D eigenvalue weighted by Crippen LogP contribution is -2.50. The molecule has 0 aromatic heterocycles. The molecule has 1 aliphatic rings. The summed E-state index contributed by atoms with van der Waals surface area (Å²) in [6.07, 6.45) is 4.21. The molecule has 0 heterocycles. The molecule has 0 radical (unpaired) electrons. The van der Waals surface area contributed by atoms with Crippen LogP contribution in [0.15, 0.2) is 18.2 Å². The lowest BCUT2D eigenvalue weighted by Gasteiger charge is -2.37. The minimum absolute atomic E-state index is 0.242. The Morgan fingerprint density at radius 1 is 1.06 bits per heavy atom. The van der Waals surface area contributed by atoms with E-state index in [0.717, 1.165) is 43.2 Å². The van der Waals surface area contributed by atoms with Crippen molar-refractivity contribution in [1.29, 1.82) is 0 Å². The molecule has 1 fully saturated rings. The van der Waals surface area contributed by atoms with Gasteiger partial charge in [-0.05, 0) is 48.1 Å². The fraction of sp³-hybridized carbons (Fsp3) is 0.680. The molecular formula is C25H40N2O4. The number of benzene rings is 1. The predicted octanol–water partition coefficient (Wildman–Crippen LogP) is 4.00. The van der Waals surface area contributed by atoms with Crippen LogP contribution < -0.4 is 15.8 Å². The highest BCUT2D eigenvalue weighted by Crippen LogP contribution is 2.40. The third-order valence-electron chi connectivity index (χ3n) is 6.43. The summed E-state index contributed by atoms with van der Waals surface area (Å²) < 4.78 is 6.00. The maximum Gasteiger partial charge on any atom is 0.311 e. The Bertz CT molecular complexity index is 726. The van der Waals surface area contributed by atoms with Crippen molar-refractivity contribution in [2.24, 2.45) is 11.1 Å². The quantitative estimate of drug-likeness (QED) is 0.404. The first-order valence-corrected chi connectivity index (χ1v) is 11.6. The molecule has 6 nitrogen and oxygen atoms in total. The van der Waals surface area contributed by atoms with Crippen molar-refractivity contribution in [3.8, 4) is 5.75 Å². The number of aliphatic hydroxyl groups excluding tert-OH is 1. The highest BCUT2D eigenvalue weighted by atomic mass is 16.5. The van der Waals surface area contributed by atoms with Crippen molar-refractivity contribution in [1.82, 2.24) is 5.32 Å². The van der Waals surface area contributed by atoms with Crippen LogP contribution >= 0.6 is 0 Å². The van der Waals surface area contributed by atoms with Gasteiger partial charge in [-0.2, -0.15) is 0 Å². The first kappa shape index (κ1) is 25.3. The Hall–Kier alpha value is -1.92. The van der Waals surface area contributed by atoms with E-state index in [-0.39, 0.29) is 35.5 Å². The van der Waals surface area contributed by atoms with Crippen LogP contribution in [0.3, 0.4) is 0 Å². The highest BCUT2D eigenvalue weighted by molar-refractivity contribution is 5.82. The standard InChI is InChI=1S/C25H40N2O4/c1-16(2)19-10-9-11-20(17(3)4)23(19)31-21(29)14-25(12-7-6-8-13-25)15-27-24(30)22(26)18(5)28/h9-11,16-18,22,28H,6-8,12-15,26H2,1-5H3,(H,27,30)/t18?,22-/m0/s1. The van der Waals surface area contributed by atoms with Crippen LogP contribution in [0.1, 0.15) is 96.1 Å². The topological polar surface area (TPSA) is 102 Å². The van der Waals surface area contributed by atoms with E-state index in [1.54, 1.807) is 0 Å². The molecule has 0 saturated heterocycles. The molecule has 1 unspecified atom stereocenters. The molecule has 4 N–H and O–H groups in total. The van der Waals surface area contributed by atoms with Crippen LogP contribution in [0.25, 0.3) is 0 Å². The lowest BCUT2D eigenvalue weighted by molar-refractivity contribution is -0.138. The summed E-state index contributed by atoms with van der Waals surface area (Å²) >= 11 is 0. The summed E-state index contributed by atoms with van der Waals surface area (Å²) in [6, 6.07) is 5.09. The molecule has 2 rings (SSSR count). The zero-order chi connectivity index (χ0) is 23.2. The summed E-state index contributed by atoms with van der Waals surface area (Å²) in [5.74, 6) is 0.521. The number of nitrogens with one attached hydrogen (secondary N) is 1. The van der Waals surface area contributed by atoms with E-state index in [1.807, 2.05) is 18.2 Å². The van der Waals surface area contributed by atoms with Gasteiger partial charge in [0, 0.05) is 6.54 Å². The summed E-state index contributed by atoms with van der Waals surface area (Å²) in [7, 11) is 0. The van der Waals surface area contributed by atoms with Crippen molar-refractivity contribution in [2.45, 2.75) is 97.1 Å². The van der Waals surface area contributed by atoms with Gasteiger partial charge >= 0.3 is 5.97 Å². The number of para-hydroxylation sites is 1. The molecule has 2 atom stereocenters. The first-order valence-electron chi connectivity index (χ1n) is 11.6. The lowest BCUT2D eigenvalue weighted by atomic mass is 9.71. The number of esters is 1. The zero-order valence-corrected chi connectivity index (χ0v) is 19.7. The van der Waals surface area contributed by atoms with Crippen molar-refractivity contribution in [3.05, 3.63) is 29.3 Å². The number of amides is 1. The summed E-state index contributed by atoms with van der Waals surface area (Å²) in [6.45, 7) is 10.3. The van der Waals surface area contributed by atoms with Gasteiger partial charge in [-0.15, -0.1) is 0 Å². The minimum Gasteiger partial charge on any atom is -0.426 e. The Labute approximate surface area is 186 Å². The Balaban J connectivity index is 2.18. The monoisotopic (exact) mass is 432 g/mol. The van der Waals surface area contributed by atoms with Gasteiger partial charge in [-0.25, -0.2) is 0 Å². The SMILES string of the molecule is CC(C)c1cccc(C(C)C)c1OC(=O)CC1(CNC(=O)[C@@H](N)C(C)O)CCCCC1. The molecule has 6 heteroatoms. The van der Waals surface area contributed by atoms with Crippen LogP contribution in [0, 0.1) is 5.41 Å². The number of ether oxygens (including phenoxy) is 1. The van der Waals surface area contributed by atoms with Crippen molar-refractivity contribution >= 4 is 11.9 Å². The van der Waals surface area contributed by atoms with Crippen LogP contribution in [0.2, 0.25) is 0 Å². The number of hydrogen-bond acceptors (Lipinski definition) is 5. The van der Waals surface area contributed by atoms with E-state index in [9.17, 15) is 14.7 Å². The van der Waals surface area contributed by atoms with Crippen LogP contribution in [-0.2, 0) is 9.59 Å². The van der Waals surface area contributed by atoms with Gasteiger partial charge in [-0.3, -0.25) is 9.59 Å². The second kappa shape index (κ2) is 11.1. The predicted molar refractivity (Wildman–Crippen MR) is 123 cm³/mol. The molecule has 0 aliphatic heterocycles. The molecule has 31 heavy (non-hydrogen) atoms. The summed E-state index contributed by atoms with van der Waals surface area (Å²) in [5.41, 5.74) is 7.49. The van der Waals surface area contributed by atoms with Crippen LogP contribution in [-0.4, -0.2) is 35.7 Å². The van der Waals surface area contributed by atoms with Crippen molar-refractivity contribution < 1.29 is 19.4 Å². The number of carbonyl (C=O) groups is 2. The molecule has 1 aromatic rings. The second-order valence-electron chi connectivity index (χ2n) is 9.77. The van der Waals surface area contributed by atoms with E-state index in [1.165, 1.54) is 6.92 Å². The fourth-order valence-corrected chi connectivity index (χ4v) is 4.39. The maximum atomic E-state index is 13.1. The van der Waals surface area contributed by atoms with Gasteiger partial charge in [-0.1, -0.05) is 65.2 Å². The van der Waals surface area contributed by atoms with Crippen molar-refractivity contribution in [2.75, 3.05) is 6.54 Å². The van der Waals surface area contributed by atoms with Gasteiger partial charge in [0.05, 0.1) is 12.5 Å². The van der Waals surface area contributed by atoms with Gasteiger partial charge in [0.25, 0.3) is 0 Å². The smallest absolute Gasteiger partial charge is 0.311 e. The molecule has 1 aromatic carbocycles. The normalized spacial score (nSPS) is 18.0. The molecular weight excluding hydrogens is 392 g/mol. The fourth-order valence-electron chi connectivity index (χ4n) is 4.39. The van der Waals surface area contributed by atoms with Crippen LogP contribution in [0.4, 0.5) is 0 Å². The van der Waals surface area contributed by atoms with Gasteiger partial charge in [0.15, 0.2) is 0 Å². The molecule has 1 aliphatic carbocycles. The second-order valence-corrected chi connectivity index (χ2v) is 9.77. The Morgan fingerprint density at radius 2 is 1.61 bits per heavy atom. The van der Waals surface area contributed by atoms with Crippen molar-refractivity contribution in [3.63, 3.8) is 0 Å². The summed E-state index contributed by atoms with van der Waals surface area (Å²) in [5, 5.41) is 12.5.